The van der Waals surface area contributed by atoms with E-state index in [-0.39, 0.29) is 21.7 Å². The minimum atomic E-state index is -3.39. The second-order valence-corrected chi connectivity index (χ2v) is 26.4. The summed E-state index contributed by atoms with van der Waals surface area (Å²) >= 11 is 0. The molecule has 0 radical (unpaired) electrons. The van der Waals surface area contributed by atoms with E-state index in [9.17, 15) is 4.57 Å². The molecule has 72 heavy (non-hydrogen) atoms. The van der Waals surface area contributed by atoms with Gasteiger partial charge in [0.25, 0.3) is 7.37 Å². The van der Waals surface area contributed by atoms with E-state index in [0.717, 1.165) is 39.0 Å². The highest BCUT2D eigenvalue weighted by Gasteiger charge is 2.30. The van der Waals surface area contributed by atoms with Crippen LogP contribution in [-0.2, 0) is 30.7 Å². The lowest BCUT2D eigenvalue weighted by Gasteiger charge is -2.19. The van der Waals surface area contributed by atoms with Crippen LogP contribution in [0.25, 0.3) is 82.6 Å². The van der Waals surface area contributed by atoms with Gasteiger partial charge in [0.05, 0.1) is 45.0 Å². The fourth-order valence-electron chi connectivity index (χ4n) is 10.8. The predicted octanol–water partition coefficient (Wildman–Crippen LogP) is 16.8. The van der Waals surface area contributed by atoms with E-state index in [1.165, 1.54) is 65.9 Å². The molecule has 0 aliphatic carbocycles. The highest BCUT2D eigenvalue weighted by atomic mass is 31.2. The monoisotopic (exact) mass is 967 g/mol. The normalized spacial score (nSPS) is 13.9. The summed E-state index contributed by atoms with van der Waals surface area (Å²) in [4.78, 5) is 5.12. The molecule has 11 aromatic rings. The summed E-state index contributed by atoms with van der Waals surface area (Å²) in [6.07, 6.45) is 1.74. The van der Waals surface area contributed by atoms with Crippen LogP contribution >= 0.6 is 7.37 Å². The Hall–Kier alpha value is -6.72. The van der Waals surface area contributed by atoms with Crippen molar-refractivity contribution in [1.82, 2.24) is 18.7 Å². The number of pyridine rings is 1. The molecule has 1 atom stereocenters. The van der Waals surface area contributed by atoms with Crippen molar-refractivity contribution in [1.29, 1.82) is 0 Å². The Morgan fingerprint density at radius 1 is 0.403 bits per heavy atom. The fraction of sp³-hybridized carbons (Fsp3) is 0.277. The van der Waals surface area contributed by atoms with Gasteiger partial charge in [-0.15, -0.1) is 0 Å². The molecule has 0 bridgehead atoms. The van der Waals surface area contributed by atoms with Gasteiger partial charge in [0.15, 0.2) is 0 Å². The van der Waals surface area contributed by atoms with Gasteiger partial charge in [0, 0.05) is 55.2 Å². The molecule has 6 nitrogen and oxygen atoms in total. The van der Waals surface area contributed by atoms with E-state index in [1.54, 1.807) is 6.20 Å². The van der Waals surface area contributed by atoms with Crippen LogP contribution in [0.15, 0.2) is 158 Å². The topological polar surface area (TPSA) is 54.0 Å². The average molecular weight is 967 g/mol. The molecule has 0 saturated heterocycles. The lowest BCUT2D eigenvalue weighted by atomic mass is 9.85. The van der Waals surface area contributed by atoms with Crippen LogP contribution < -0.4 is 10.6 Å². The van der Waals surface area contributed by atoms with E-state index >= 15 is 0 Å². The van der Waals surface area contributed by atoms with E-state index < -0.39 is 7.37 Å². The standard InChI is InChI=1S/C65H67N4O2P/c1-14-71-72(70,47-18-16-15-17-19-47)48-26-33-61(66-40-48)69-59-31-24-45(67-55-27-20-41(62(2,3)4)34-49(55)50-35-42(63(5,6)7)21-28-56(50)67)38-53(59)54-39-46(25-32-60(54)69)68-57-29-22-43(64(8,9)10)36-51(57)52-37-44(65(11,12)13)23-30-58(52)68/h15-40H,14H2,1-13H3. The Labute approximate surface area is 424 Å². The Bertz CT molecular complexity index is 3640. The van der Waals surface area contributed by atoms with Gasteiger partial charge < -0.3 is 13.7 Å². The largest absolute Gasteiger partial charge is 0.322 e. The smallest absolute Gasteiger partial charge is 0.262 e. The van der Waals surface area contributed by atoms with Crippen LogP contribution in [-0.4, -0.2) is 25.3 Å². The number of benzene rings is 7. The van der Waals surface area contributed by atoms with Crippen LogP contribution in [0.1, 0.15) is 112 Å². The van der Waals surface area contributed by atoms with Crippen molar-refractivity contribution < 1.29 is 9.09 Å². The van der Waals surface area contributed by atoms with Crippen molar-refractivity contribution in [3.8, 4) is 17.2 Å². The maximum Gasteiger partial charge on any atom is 0.262 e. The van der Waals surface area contributed by atoms with Gasteiger partial charge in [0.1, 0.15) is 5.82 Å². The summed E-state index contributed by atoms with van der Waals surface area (Å²) in [5.74, 6) is 0.734. The molecule has 4 aromatic heterocycles. The molecule has 7 aromatic carbocycles. The fourth-order valence-corrected chi connectivity index (χ4v) is 12.8. The number of rotatable bonds is 7. The number of fused-ring (bicyclic) bond motifs is 9. The molecule has 0 saturated carbocycles. The molecular formula is C65H67N4O2P. The second kappa shape index (κ2) is 16.7. The van der Waals surface area contributed by atoms with Crippen molar-refractivity contribution in [2.24, 2.45) is 0 Å². The lowest BCUT2D eigenvalue weighted by molar-refractivity contribution is 0.348. The Balaban J connectivity index is 1.18. The first-order chi connectivity index (χ1) is 34.0. The van der Waals surface area contributed by atoms with E-state index in [0.29, 0.717) is 17.2 Å². The van der Waals surface area contributed by atoms with E-state index in [1.807, 2.05) is 49.4 Å². The number of hydrogen-bond donors (Lipinski definition) is 0. The maximum atomic E-state index is 14.7. The van der Waals surface area contributed by atoms with Crippen molar-refractivity contribution in [2.75, 3.05) is 6.61 Å². The minimum Gasteiger partial charge on any atom is -0.322 e. The van der Waals surface area contributed by atoms with Crippen LogP contribution in [0, 0.1) is 0 Å². The van der Waals surface area contributed by atoms with Crippen molar-refractivity contribution in [3.05, 3.63) is 180 Å². The molecule has 0 aliphatic heterocycles. The minimum absolute atomic E-state index is 0.00340. The van der Waals surface area contributed by atoms with Crippen LogP contribution in [0.4, 0.5) is 0 Å². The first-order valence-electron chi connectivity index (χ1n) is 25.6. The second-order valence-electron chi connectivity index (χ2n) is 24.0. The molecule has 11 rings (SSSR count). The first-order valence-corrected chi connectivity index (χ1v) is 27.2. The van der Waals surface area contributed by atoms with Gasteiger partial charge in [-0.2, -0.15) is 0 Å². The third-order valence-electron chi connectivity index (χ3n) is 15.0. The van der Waals surface area contributed by atoms with Gasteiger partial charge in [-0.1, -0.05) is 126 Å². The van der Waals surface area contributed by atoms with Gasteiger partial charge in [-0.25, -0.2) is 4.98 Å². The summed E-state index contributed by atoms with van der Waals surface area (Å²) in [5.41, 5.74) is 14.2. The highest BCUT2D eigenvalue weighted by Crippen LogP contribution is 2.46. The van der Waals surface area contributed by atoms with Crippen molar-refractivity contribution in [3.63, 3.8) is 0 Å². The molecule has 0 fully saturated rings. The predicted molar refractivity (Wildman–Crippen MR) is 307 cm³/mol. The number of hydrogen-bond acceptors (Lipinski definition) is 3. The summed E-state index contributed by atoms with van der Waals surface area (Å²) in [6, 6.07) is 55.3. The van der Waals surface area contributed by atoms with Gasteiger partial charge in [-0.05, 0) is 160 Å². The molecule has 4 heterocycles. The maximum absolute atomic E-state index is 14.7. The molecule has 1 unspecified atom stereocenters. The molecule has 0 spiro atoms. The molecule has 0 aliphatic rings. The Morgan fingerprint density at radius 2 is 0.750 bits per heavy atom. The third-order valence-corrected chi connectivity index (χ3v) is 17.5. The zero-order valence-electron chi connectivity index (χ0n) is 44.3. The van der Waals surface area contributed by atoms with Gasteiger partial charge >= 0.3 is 0 Å². The first kappa shape index (κ1) is 47.6. The molecule has 0 N–H and O–H groups in total. The highest BCUT2D eigenvalue weighted by molar-refractivity contribution is 7.74. The third kappa shape index (κ3) is 7.81. The zero-order valence-corrected chi connectivity index (χ0v) is 45.2. The quantitative estimate of drug-likeness (QED) is 0.150. The van der Waals surface area contributed by atoms with Crippen LogP contribution in [0.3, 0.4) is 0 Å². The summed E-state index contributed by atoms with van der Waals surface area (Å²) < 4.78 is 27.9. The molecule has 0 amide bonds. The van der Waals surface area contributed by atoms with E-state index in [2.05, 4.69) is 206 Å². The number of nitrogens with zero attached hydrogens (tertiary/aromatic N) is 4. The summed E-state index contributed by atoms with van der Waals surface area (Å²) in [5, 5.41) is 8.47. The average Bonchev–Trinajstić information content (AvgIpc) is 3.97. The SMILES string of the molecule is CCOP(=O)(c1ccccc1)c1ccc(-n2c3ccc(-n4c5ccc(C(C)(C)C)cc5c5cc(C(C)(C)C)ccc54)cc3c3cc(-n4c5ccc(C(C)(C)C)cc5c5cc(C(C)(C)C)ccc54)ccc32)nc1. The summed E-state index contributed by atoms with van der Waals surface area (Å²) in [7, 11) is -3.39. The van der Waals surface area contributed by atoms with Crippen LogP contribution in [0.5, 0.6) is 0 Å². The van der Waals surface area contributed by atoms with Crippen LogP contribution in [0.2, 0.25) is 0 Å². The number of aromatic nitrogens is 4. The van der Waals surface area contributed by atoms with Gasteiger partial charge in [0.2, 0.25) is 0 Å². The molecule has 7 heteroatoms. The van der Waals surface area contributed by atoms with Crippen molar-refractivity contribution in [2.45, 2.75) is 112 Å². The van der Waals surface area contributed by atoms with E-state index in [4.69, 9.17) is 9.51 Å². The Kier molecular flexibility index (Phi) is 11.0. The summed E-state index contributed by atoms with van der Waals surface area (Å²) in [6.45, 7) is 29.7. The molecular weight excluding hydrogens is 900 g/mol. The lowest BCUT2D eigenvalue weighted by Crippen LogP contribution is -2.19. The zero-order chi connectivity index (χ0) is 50.9. The molecule has 364 valence electrons. The van der Waals surface area contributed by atoms with Gasteiger partial charge in [-0.3, -0.25) is 9.13 Å². The van der Waals surface area contributed by atoms with Crippen molar-refractivity contribution >= 4 is 83.4 Å². The Morgan fingerprint density at radius 3 is 1.08 bits per heavy atom.